The molecule has 10 heteroatoms. The van der Waals surface area contributed by atoms with Gasteiger partial charge in [0.15, 0.2) is 11.6 Å². The molecule has 0 aromatic carbocycles. The average molecular weight is 649 g/mol. The van der Waals surface area contributed by atoms with Gasteiger partial charge in [-0.1, -0.05) is 13.8 Å². The van der Waals surface area contributed by atoms with Gasteiger partial charge >= 0.3 is 0 Å². The summed E-state index contributed by atoms with van der Waals surface area (Å²) in [6.45, 7) is 18.7. The zero-order valence-electron chi connectivity index (χ0n) is 29.2. The summed E-state index contributed by atoms with van der Waals surface area (Å²) in [4.78, 5) is 61.8. The molecule has 0 radical (unpaired) electrons. The van der Waals surface area contributed by atoms with Gasteiger partial charge in [0.1, 0.15) is 5.41 Å². The van der Waals surface area contributed by atoms with Crippen LogP contribution in [0.2, 0.25) is 0 Å². The molecular formula is C37H52N4O6. The number of rotatable bonds is 8. The van der Waals surface area contributed by atoms with Gasteiger partial charge in [0.05, 0.1) is 26.4 Å². The van der Waals surface area contributed by atoms with Gasteiger partial charge in [-0.2, -0.15) is 0 Å². The third kappa shape index (κ3) is 5.89. The van der Waals surface area contributed by atoms with Gasteiger partial charge in [-0.05, 0) is 77.3 Å². The van der Waals surface area contributed by atoms with Crippen LogP contribution in [0, 0.1) is 31.1 Å². The summed E-state index contributed by atoms with van der Waals surface area (Å²) in [5.74, 6) is -0.637. The fourth-order valence-corrected chi connectivity index (χ4v) is 8.56. The van der Waals surface area contributed by atoms with Crippen molar-refractivity contribution in [3.8, 4) is 0 Å². The smallest absolute Gasteiger partial charge is 0.246 e. The lowest BCUT2D eigenvalue weighted by Gasteiger charge is -2.32. The Balaban J connectivity index is 1.30. The zero-order valence-corrected chi connectivity index (χ0v) is 29.2. The third-order valence-electron chi connectivity index (χ3n) is 11.3. The van der Waals surface area contributed by atoms with Gasteiger partial charge < -0.3 is 9.47 Å². The van der Waals surface area contributed by atoms with Crippen molar-refractivity contribution in [2.75, 3.05) is 65.7 Å². The summed E-state index contributed by atoms with van der Waals surface area (Å²) in [7, 11) is 0. The maximum absolute atomic E-state index is 14.6. The first-order valence-corrected chi connectivity index (χ1v) is 17.7. The Bertz CT molecular complexity index is 1460. The molecule has 47 heavy (non-hydrogen) atoms. The topological polar surface area (TPSA) is 103 Å². The largest absolute Gasteiger partial charge is 0.379 e. The van der Waals surface area contributed by atoms with E-state index in [4.69, 9.17) is 9.47 Å². The molecule has 0 saturated carbocycles. The number of morpholine rings is 2. The Kier molecular flexibility index (Phi) is 9.78. The number of Topliss-reactive ketones (excluding diaryl/α,β-unsaturated/α-hetero) is 2. The van der Waals surface area contributed by atoms with E-state index in [0.717, 1.165) is 60.1 Å². The van der Waals surface area contributed by atoms with Crippen LogP contribution in [0.4, 0.5) is 0 Å². The minimum atomic E-state index is -1.42. The molecule has 0 amide bonds. The highest BCUT2D eigenvalue weighted by Crippen LogP contribution is 2.38. The number of carbonyl (C=O) groups excluding carboxylic acids is 4. The Morgan fingerprint density at radius 3 is 1.38 bits per heavy atom. The van der Waals surface area contributed by atoms with E-state index < -0.39 is 5.41 Å². The lowest BCUT2D eigenvalue weighted by molar-refractivity contribution is 0.0290. The van der Waals surface area contributed by atoms with Gasteiger partial charge in [-0.3, -0.25) is 38.1 Å². The second-order valence-electron chi connectivity index (χ2n) is 14.4. The molecule has 2 aliphatic carbocycles. The fraction of sp³-hybridized carbons (Fsp3) is 0.676. The fourth-order valence-electron chi connectivity index (χ4n) is 8.56. The van der Waals surface area contributed by atoms with E-state index in [9.17, 15) is 19.2 Å². The van der Waals surface area contributed by atoms with Crippen molar-refractivity contribution in [2.24, 2.45) is 17.3 Å². The number of carbonyl (C=O) groups is 4. The van der Waals surface area contributed by atoms with Crippen LogP contribution in [0.1, 0.15) is 105 Å². The molecule has 2 fully saturated rings. The van der Waals surface area contributed by atoms with Crippen LogP contribution in [0.5, 0.6) is 0 Å². The standard InChI is InChI=1S/C37H52N4O6/c1-7-27-23(3)40(29-11-9-25(33(42)31(27)29)21-38-13-17-46-18-14-38)35(44)37(5,6)36(45)41-24(4)28(8-2)32-30(41)12-10-26(34(32)43)22-39-15-19-47-20-16-39/h25-26H,7-22H2,1-6H3. The van der Waals surface area contributed by atoms with E-state index in [1.54, 1.807) is 23.0 Å². The molecule has 2 atom stereocenters. The minimum absolute atomic E-state index is 0.112. The first-order valence-electron chi connectivity index (χ1n) is 17.7. The van der Waals surface area contributed by atoms with Crippen LogP contribution in [0.25, 0.3) is 0 Å². The molecule has 4 heterocycles. The maximum atomic E-state index is 14.6. The van der Waals surface area contributed by atoms with Crippen LogP contribution in [0.15, 0.2) is 0 Å². The highest BCUT2D eigenvalue weighted by atomic mass is 16.5. The Morgan fingerprint density at radius 2 is 1.04 bits per heavy atom. The molecule has 2 aromatic rings. The number of ketones is 2. The number of hydrogen-bond acceptors (Lipinski definition) is 8. The monoisotopic (exact) mass is 648 g/mol. The SMILES string of the molecule is CCc1c2c(n(C(=O)C(C)(C)C(=O)n3c(C)c(CC)c4c3CCC(CN3CCOCC3)C4=O)c1C)CCC(CN1CCOCC1)C2=O. The molecule has 0 N–H and O–H groups in total. The molecule has 0 bridgehead atoms. The van der Waals surface area contributed by atoms with Crippen molar-refractivity contribution in [3.63, 3.8) is 0 Å². The van der Waals surface area contributed by atoms with E-state index in [2.05, 4.69) is 9.80 Å². The first-order chi connectivity index (χ1) is 22.5. The number of fused-ring (bicyclic) bond motifs is 2. The van der Waals surface area contributed by atoms with Gasteiger partial charge in [-0.25, -0.2) is 0 Å². The number of aromatic nitrogens is 2. The summed E-state index contributed by atoms with van der Waals surface area (Å²) in [6, 6.07) is 0. The van der Waals surface area contributed by atoms with E-state index in [1.165, 1.54) is 0 Å². The number of nitrogens with zero attached hydrogens (tertiary/aromatic N) is 4. The molecule has 0 spiro atoms. The number of ether oxygens (including phenoxy) is 2. The van der Waals surface area contributed by atoms with Crippen molar-refractivity contribution in [1.29, 1.82) is 0 Å². The molecular weight excluding hydrogens is 596 g/mol. The van der Waals surface area contributed by atoms with Gasteiger partial charge in [0.25, 0.3) is 0 Å². The number of hydrogen-bond donors (Lipinski definition) is 0. The van der Waals surface area contributed by atoms with Gasteiger partial charge in [0, 0.05) is 85.0 Å². The normalized spacial score (nSPS) is 22.8. The van der Waals surface area contributed by atoms with Crippen molar-refractivity contribution < 1.29 is 28.7 Å². The summed E-state index contributed by atoms with van der Waals surface area (Å²) in [5, 5.41) is 0. The van der Waals surface area contributed by atoms with Gasteiger partial charge in [-0.15, -0.1) is 0 Å². The van der Waals surface area contributed by atoms with Crippen molar-refractivity contribution in [1.82, 2.24) is 18.9 Å². The van der Waals surface area contributed by atoms with E-state index in [0.29, 0.717) is 89.2 Å². The summed E-state index contributed by atoms with van der Waals surface area (Å²) in [6.07, 6.45) is 3.85. The zero-order chi connectivity index (χ0) is 33.6. The first kappa shape index (κ1) is 34.0. The molecule has 2 aliphatic heterocycles. The maximum Gasteiger partial charge on any atom is 0.246 e. The Hall–Kier alpha value is -2.92. The van der Waals surface area contributed by atoms with E-state index >= 15 is 0 Å². The lowest BCUT2D eigenvalue weighted by Crippen LogP contribution is -2.44. The Morgan fingerprint density at radius 1 is 0.681 bits per heavy atom. The predicted octanol–water partition coefficient (Wildman–Crippen LogP) is 4.19. The van der Waals surface area contributed by atoms with Crippen molar-refractivity contribution >= 4 is 23.4 Å². The average Bonchev–Trinajstić information content (AvgIpc) is 3.53. The van der Waals surface area contributed by atoms with Crippen LogP contribution < -0.4 is 0 Å². The second kappa shape index (κ2) is 13.5. The molecule has 2 unspecified atom stereocenters. The van der Waals surface area contributed by atoms with Crippen LogP contribution in [-0.4, -0.2) is 108 Å². The van der Waals surface area contributed by atoms with Gasteiger partial charge in [0.2, 0.25) is 11.8 Å². The predicted molar refractivity (Wildman–Crippen MR) is 179 cm³/mol. The summed E-state index contributed by atoms with van der Waals surface area (Å²) < 4.78 is 14.4. The van der Waals surface area contributed by atoms with Crippen LogP contribution >= 0.6 is 0 Å². The molecule has 6 rings (SSSR count). The molecule has 2 saturated heterocycles. The Labute approximate surface area is 278 Å². The van der Waals surface area contributed by atoms with E-state index in [-0.39, 0.29) is 35.2 Å². The molecule has 10 nitrogen and oxygen atoms in total. The van der Waals surface area contributed by atoms with Crippen LogP contribution in [-0.2, 0) is 35.2 Å². The molecule has 4 aliphatic rings. The van der Waals surface area contributed by atoms with Crippen molar-refractivity contribution in [3.05, 3.63) is 45.0 Å². The highest BCUT2D eigenvalue weighted by molar-refractivity contribution is 6.10. The summed E-state index contributed by atoms with van der Waals surface area (Å²) in [5.41, 5.74) is 4.77. The van der Waals surface area contributed by atoms with Crippen molar-refractivity contribution in [2.45, 2.75) is 80.1 Å². The van der Waals surface area contributed by atoms with E-state index in [1.807, 2.05) is 27.7 Å². The molecule has 256 valence electrons. The van der Waals surface area contributed by atoms with Crippen LogP contribution in [0.3, 0.4) is 0 Å². The quantitative estimate of drug-likeness (QED) is 0.393. The third-order valence-corrected chi connectivity index (χ3v) is 11.3. The lowest BCUT2D eigenvalue weighted by atomic mass is 9.83. The second-order valence-corrected chi connectivity index (χ2v) is 14.4. The minimum Gasteiger partial charge on any atom is -0.379 e. The highest BCUT2D eigenvalue weighted by Gasteiger charge is 2.45. The molecule has 2 aromatic heterocycles. The summed E-state index contributed by atoms with van der Waals surface area (Å²) >= 11 is 0.